The summed E-state index contributed by atoms with van der Waals surface area (Å²) >= 11 is 0. The highest BCUT2D eigenvalue weighted by Crippen LogP contribution is 2.30. The van der Waals surface area contributed by atoms with Crippen LogP contribution in [-0.2, 0) is 6.42 Å². The third-order valence-corrected chi connectivity index (χ3v) is 4.60. The monoisotopic (exact) mass is 357 g/mol. The molecule has 0 saturated carbocycles. The largest absolute Gasteiger partial charge is 0.434 e. The minimum atomic E-state index is -0.142. The molecule has 134 valence electrons. The van der Waals surface area contributed by atoms with E-state index in [1.54, 1.807) is 6.20 Å². The van der Waals surface area contributed by atoms with Gasteiger partial charge in [-0.3, -0.25) is 4.79 Å². The average Bonchev–Trinajstić information content (AvgIpc) is 3.13. The Morgan fingerprint density at radius 3 is 2.63 bits per heavy atom. The number of rotatable bonds is 4. The first-order valence-electron chi connectivity index (χ1n) is 8.87. The third-order valence-electron chi connectivity index (χ3n) is 4.60. The SMILES string of the molecule is CCc1ccc(C(=O)Nc2cccc(-c3nc4ncccc4o3)c2C)cc1. The van der Waals surface area contributed by atoms with E-state index in [0.717, 1.165) is 23.2 Å². The van der Waals surface area contributed by atoms with Gasteiger partial charge in [-0.25, -0.2) is 4.98 Å². The number of nitrogens with zero attached hydrogens (tertiary/aromatic N) is 2. The molecule has 0 aliphatic heterocycles. The lowest BCUT2D eigenvalue weighted by Crippen LogP contribution is -2.13. The molecule has 27 heavy (non-hydrogen) atoms. The number of carbonyl (C=O) groups excluding carboxylic acids is 1. The van der Waals surface area contributed by atoms with E-state index in [4.69, 9.17) is 4.42 Å². The van der Waals surface area contributed by atoms with Gasteiger partial charge >= 0.3 is 0 Å². The third kappa shape index (κ3) is 3.31. The molecule has 5 nitrogen and oxygen atoms in total. The molecule has 2 aromatic carbocycles. The van der Waals surface area contributed by atoms with Crippen LogP contribution in [0.2, 0.25) is 0 Å². The Labute approximate surface area is 157 Å². The Morgan fingerprint density at radius 2 is 1.89 bits per heavy atom. The van der Waals surface area contributed by atoms with Crippen molar-refractivity contribution in [2.45, 2.75) is 20.3 Å². The fourth-order valence-corrected chi connectivity index (χ4v) is 2.97. The summed E-state index contributed by atoms with van der Waals surface area (Å²) in [5.74, 6) is 0.349. The zero-order valence-electron chi connectivity index (χ0n) is 15.2. The summed E-state index contributed by atoms with van der Waals surface area (Å²) in [6.07, 6.45) is 2.63. The van der Waals surface area contributed by atoms with Gasteiger partial charge in [-0.2, -0.15) is 4.98 Å². The lowest BCUT2D eigenvalue weighted by atomic mass is 10.1. The van der Waals surface area contributed by atoms with Crippen molar-refractivity contribution in [3.05, 3.63) is 77.5 Å². The summed E-state index contributed by atoms with van der Waals surface area (Å²) in [4.78, 5) is 21.3. The van der Waals surface area contributed by atoms with Crippen molar-refractivity contribution in [3.63, 3.8) is 0 Å². The molecule has 0 aliphatic rings. The van der Waals surface area contributed by atoms with Crippen LogP contribution in [0.1, 0.15) is 28.4 Å². The maximum atomic E-state index is 12.6. The van der Waals surface area contributed by atoms with Gasteiger partial charge in [0.25, 0.3) is 5.91 Å². The predicted octanol–water partition coefficient (Wildman–Crippen LogP) is 5.01. The molecule has 0 aliphatic carbocycles. The van der Waals surface area contributed by atoms with Crippen LogP contribution in [0, 0.1) is 6.92 Å². The van der Waals surface area contributed by atoms with Crippen LogP contribution >= 0.6 is 0 Å². The van der Waals surface area contributed by atoms with Gasteiger partial charge in [-0.05, 0) is 60.9 Å². The number of carbonyl (C=O) groups is 1. The summed E-state index contributed by atoms with van der Waals surface area (Å²) < 4.78 is 5.82. The number of aryl methyl sites for hydroxylation is 1. The van der Waals surface area contributed by atoms with Crippen LogP contribution in [0.15, 0.2) is 65.2 Å². The minimum absolute atomic E-state index is 0.142. The van der Waals surface area contributed by atoms with Crippen molar-refractivity contribution in [1.29, 1.82) is 0 Å². The Kier molecular flexibility index (Phi) is 4.42. The summed E-state index contributed by atoms with van der Waals surface area (Å²) in [7, 11) is 0. The van der Waals surface area contributed by atoms with Crippen LogP contribution in [0.25, 0.3) is 22.7 Å². The molecule has 2 heterocycles. The molecule has 1 N–H and O–H groups in total. The van der Waals surface area contributed by atoms with Gasteiger partial charge in [0.15, 0.2) is 11.2 Å². The number of aromatic nitrogens is 2. The van der Waals surface area contributed by atoms with Crippen molar-refractivity contribution < 1.29 is 9.21 Å². The standard InChI is InChI=1S/C22H19N3O2/c1-3-15-9-11-16(12-10-15)21(26)24-18-7-4-6-17(14(18)2)22-25-20-19(27-22)8-5-13-23-20/h4-13H,3H2,1-2H3,(H,24,26). The minimum Gasteiger partial charge on any atom is -0.434 e. The topological polar surface area (TPSA) is 68.0 Å². The molecule has 0 saturated heterocycles. The van der Waals surface area contributed by atoms with Crippen LogP contribution in [0.5, 0.6) is 0 Å². The highest BCUT2D eigenvalue weighted by atomic mass is 16.3. The molecular weight excluding hydrogens is 338 g/mol. The van der Waals surface area contributed by atoms with Crippen LogP contribution in [0.3, 0.4) is 0 Å². The number of benzene rings is 2. The number of fused-ring (bicyclic) bond motifs is 1. The maximum absolute atomic E-state index is 12.6. The quantitative estimate of drug-likeness (QED) is 0.557. The van der Waals surface area contributed by atoms with Gasteiger partial charge < -0.3 is 9.73 Å². The van der Waals surface area contributed by atoms with Gasteiger partial charge in [0.1, 0.15) is 0 Å². The highest BCUT2D eigenvalue weighted by Gasteiger charge is 2.15. The number of nitrogens with one attached hydrogen (secondary N) is 1. The second-order valence-electron chi connectivity index (χ2n) is 6.33. The number of oxazole rings is 1. The van der Waals surface area contributed by atoms with Gasteiger partial charge in [0.2, 0.25) is 5.89 Å². The van der Waals surface area contributed by atoms with E-state index in [1.807, 2.05) is 61.5 Å². The van der Waals surface area contributed by atoms with Crippen molar-refractivity contribution in [1.82, 2.24) is 9.97 Å². The number of pyridine rings is 1. The zero-order valence-corrected chi connectivity index (χ0v) is 15.2. The Morgan fingerprint density at radius 1 is 1.07 bits per heavy atom. The van der Waals surface area contributed by atoms with Gasteiger partial charge in [-0.15, -0.1) is 0 Å². The highest BCUT2D eigenvalue weighted by molar-refractivity contribution is 6.05. The van der Waals surface area contributed by atoms with Crippen LogP contribution in [0.4, 0.5) is 5.69 Å². The smallest absolute Gasteiger partial charge is 0.255 e. The molecule has 0 fully saturated rings. The van der Waals surface area contributed by atoms with E-state index in [2.05, 4.69) is 22.2 Å². The molecule has 0 radical (unpaired) electrons. The fourth-order valence-electron chi connectivity index (χ4n) is 2.97. The van der Waals surface area contributed by atoms with Crippen LogP contribution in [-0.4, -0.2) is 15.9 Å². The normalized spacial score (nSPS) is 10.9. The second-order valence-corrected chi connectivity index (χ2v) is 6.33. The Bertz CT molecular complexity index is 1080. The molecular formula is C22H19N3O2. The molecule has 0 bridgehead atoms. The Hall–Kier alpha value is -3.47. The molecule has 4 aromatic rings. The van der Waals surface area contributed by atoms with Crippen molar-refractivity contribution in [2.24, 2.45) is 0 Å². The molecule has 5 heteroatoms. The molecule has 0 unspecified atom stereocenters. The number of amides is 1. The first-order valence-corrected chi connectivity index (χ1v) is 8.87. The van der Waals surface area contributed by atoms with E-state index >= 15 is 0 Å². The number of hydrogen-bond donors (Lipinski definition) is 1. The average molecular weight is 357 g/mol. The molecule has 0 spiro atoms. The summed E-state index contributed by atoms with van der Waals surface area (Å²) in [6, 6.07) is 17.0. The van der Waals surface area contributed by atoms with E-state index in [0.29, 0.717) is 22.7 Å². The van der Waals surface area contributed by atoms with E-state index in [9.17, 15) is 4.79 Å². The fraction of sp³-hybridized carbons (Fsp3) is 0.136. The molecule has 2 aromatic heterocycles. The summed E-state index contributed by atoms with van der Waals surface area (Å²) in [5.41, 5.74) is 5.48. The lowest BCUT2D eigenvalue weighted by Gasteiger charge is -2.11. The van der Waals surface area contributed by atoms with Gasteiger partial charge in [-0.1, -0.05) is 25.1 Å². The lowest BCUT2D eigenvalue weighted by molar-refractivity contribution is 0.102. The number of hydrogen-bond acceptors (Lipinski definition) is 4. The first kappa shape index (κ1) is 17.0. The van der Waals surface area contributed by atoms with Crippen molar-refractivity contribution in [2.75, 3.05) is 5.32 Å². The number of anilines is 1. The van der Waals surface area contributed by atoms with Crippen molar-refractivity contribution >= 4 is 22.8 Å². The molecule has 0 atom stereocenters. The zero-order chi connectivity index (χ0) is 18.8. The van der Waals surface area contributed by atoms with Gasteiger partial charge in [0.05, 0.1) is 0 Å². The summed E-state index contributed by atoms with van der Waals surface area (Å²) in [6.45, 7) is 4.03. The van der Waals surface area contributed by atoms with E-state index in [-0.39, 0.29) is 5.91 Å². The Balaban J connectivity index is 1.64. The summed E-state index contributed by atoms with van der Waals surface area (Å²) in [5, 5.41) is 2.98. The van der Waals surface area contributed by atoms with Gasteiger partial charge in [0, 0.05) is 23.0 Å². The second kappa shape index (κ2) is 7.03. The van der Waals surface area contributed by atoms with Crippen LogP contribution < -0.4 is 5.32 Å². The van der Waals surface area contributed by atoms with E-state index in [1.165, 1.54) is 5.56 Å². The first-order chi connectivity index (χ1) is 13.2. The molecule has 4 rings (SSSR count). The maximum Gasteiger partial charge on any atom is 0.255 e. The van der Waals surface area contributed by atoms with E-state index < -0.39 is 0 Å². The van der Waals surface area contributed by atoms with Crippen molar-refractivity contribution in [3.8, 4) is 11.5 Å². The molecule has 1 amide bonds. The predicted molar refractivity (Wildman–Crippen MR) is 106 cm³/mol.